The summed E-state index contributed by atoms with van der Waals surface area (Å²) in [6.07, 6.45) is 3.78. The van der Waals surface area contributed by atoms with Gasteiger partial charge in [-0.15, -0.1) is 0 Å². The third-order valence-corrected chi connectivity index (χ3v) is 12.3. The summed E-state index contributed by atoms with van der Waals surface area (Å²) in [5.41, 5.74) is 13.1. The molecule has 2 atom stereocenters. The second-order valence-corrected chi connectivity index (χ2v) is 16.2. The molecule has 0 spiro atoms. The van der Waals surface area contributed by atoms with E-state index in [-0.39, 0.29) is 0 Å². The van der Waals surface area contributed by atoms with Crippen molar-refractivity contribution in [1.82, 2.24) is 19.5 Å². The van der Waals surface area contributed by atoms with Crippen molar-refractivity contribution in [2.45, 2.75) is 6.04 Å². The minimum atomic E-state index is -0.751. The molecule has 8 aromatic carbocycles. The van der Waals surface area contributed by atoms with E-state index in [0.29, 0.717) is 28.6 Å². The van der Waals surface area contributed by atoms with Gasteiger partial charge in [-0.25, -0.2) is 15.0 Å². The number of nitrogens with zero attached hydrogens (tertiary/aromatic N) is 6. The molecular weight excluding hydrogens is 793 g/mol. The Labute approximate surface area is 377 Å². The summed E-state index contributed by atoms with van der Waals surface area (Å²) in [7, 11) is 0. The highest BCUT2D eigenvalue weighted by Crippen LogP contribution is 2.44. The molecule has 0 radical (unpaired) electrons. The number of rotatable bonds is 8. The molecule has 1 aliphatic rings. The van der Waals surface area contributed by atoms with Gasteiger partial charge in [-0.2, -0.15) is 10.5 Å². The summed E-state index contributed by atoms with van der Waals surface area (Å²) in [5.74, 6) is 0.609. The SMILES string of the molecule is N#CC1=CC(c2nc(-c3ccc(-c4ccccc4)cc3)nc(-c3cccc(-c4ccccc4)c3)n2)=CC(C#N)C1n1c2cc(-c3ccccc3)ccc2c2ccc(-c3ccccc3)cc21. The van der Waals surface area contributed by atoms with Gasteiger partial charge in [-0.05, 0) is 68.8 Å². The van der Waals surface area contributed by atoms with E-state index in [2.05, 4.69) is 126 Å². The van der Waals surface area contributed by atoms with Crippen molar-refractivity contribution in [3.05, 3.63) is 230 Å². The summed E-state index contributed by atoms with van der Waals surface area (Å²) >= 11 is 0. The van der Waals surface area contributed by atoms with Crippen molar-refractivity contribution in [2.75, 3.05) is 0 Å². The molecule has 0 N–H and O–H groups in total. The minimum absolute atomic E-state index is 0.383. The van der Waals surface area contributed by atoms with Gasteiger partial charge in [-0.1, -0.05) is 194 Å². The van der Waals surface area contributed by atoms with Gasteiger partial charge in [0.15, 0.2) is 17.5 Å². The zero-order chi connectivity index (χ0) is 43.7. The van der Waals surface area contributed by atoms with Gasteiger partial charge in [-0.3, -0.25) is 0 Å². The Morgan fingerprint density at radius 3 is 1.29 bits per heavy atom. The molecule has 0 aliphatic heterocycles. The lowest BCUT2D eigenvalue weighted by atomic mass is 9.85. The first-order chi connectivity index (χ1) is 32.1. The molecule has 2 heterocycles. The quantitative estimate of drug-likeness (QED) is 0.152. The van der Waals surface area contributed by atoms with Gasteiger partial charge in [0.2, 0.25) is 0 Å². The zero-order valence-corrected chi connectivity index (χ0v) is 35.1. The topological polar surface area (TPSA) is 91.2 Å². The van der Waals surface area contributed by atoms with Crippen LogP contribution in [-0.4, -0.2) is 19.5 Å². The van der Waals surface area contributed by atoms with E-state index in [4.69, 9.17) is 15.0 Å². The molecule has 6 heteroatoms. The molecule has 2 unspecified atom stereocenters. The van der Waals surface area contributed by atoms with E-state index < -0.39 is 12.0 Å². The van der Waals surface area contributed by atoms with Crippen LogP contribution < -0.4 is 0 Å². The molecule has 2 aromatic heterocycles. The maximum Gasteiger partial charge on any atom is 0.164 e. The van der Waals surface area contributed by atoms with Crippen LogP contribution in [0.1, 0.15) is 11.9 Å². The van der Waals surface area contributed by atoms with Crippen molar-refractivity contribution < 1.29 is 0 Å². The number of hydrogen-bond acceptors (Lipinski definition) is 5. The fourth-order valence-corrected chi connectivity index (χ4v) is 9.07. The molecule has 11 rings (SSSR count). The average molecular weight is 831 g/mol. The Hall–Kier alpha value is -8.97. The molecule has 0 saturated carbocycles. The zero-order valence-electron chi connectivity index (χ0n) is 35.1. The van der Waals surface area contributed by atoms with Crippen LogP contribution in [-0.2, 0) is 0 Å². The molecule has 1 aliphatic carbocycles. The monoisotopic (exact) mass is 830 g/mol. The molecular formula is C59H38N6. The minimum Gasteiger partial charge on any atom is -0.330 e. The van der Waals surface area contributed by atoms with Crippen LogP contribution >= 0.6 is 0 Å². The summed E-state index contributed by atoms with van der Waals surface area (Å²) in [4.78, 5) is 15.3. The smallest absolute Gasteiger partial charge is 0.164 e. The second-order valence-electron chi connectivity index (χ2n) is 16.2. The molecule has 10 aromatic rings. The van der Waals surface area contributed by atoms with Gasteiger partial charge < -0.3 is 4.57 Å². The third-order valence-electron chi connectivity index (χ3n) is 12.3. The standard InChI is InChI=1S/C59H38N6/c60-37-50-33-49(59-63-57(44-26-24-43(25-27-44)39-14-5-1-6-15-39)62-58(64-59)48-23-13-22-45(32-48)40-16-7-2-8-17-40)34-51(38-61)56(50)65-54-35-46(41-18-9-3-10-19-41)28-30-52(54)53-31-29-47(36-55(53)65)42-20-11-4-12-21-42/h1-36,50,56H. The van der Waals surface area contributed by atoms with E-state index in [1.807, 2.05) is 109 Å². The maximum atomic E-state index is 11.2. The first-order valence-corrected chi connectivity index (χ1v) is 21.6. The third kappa shape index (κ3) is 7.36. The predicted molar refractivity (Wildman–Crippen MR) is 262 cm³/mol. The number of benzene rings is 8. The summed E-state index contributed by atoms with van der Waals surface area (Å²) in [6, 6.07) is 74.9. The Balaban J connectivity index is 1.07. The van der Waals surface area contributed by atoms with Gasteiger partial charge in [0.25, 0.3) is 0 Å². The van der Waals surface area contributed by atoms with Crippen molar-refractivity contribution in [3.8, 4) is 79.4 Å². The first kappa shape index (κ1) is 38.9. The lowest BCUT2D eigenvalue weighted by molar-refractivity contribution is 0.544. The second kappa shape index (κ2) is 16.7. The van der Waals surface area contributed by atoms with Crippen LogP contribution in [0.4, 0.5) is 0 Å². The van der Waals surface area contributed by atoms with Gasteiger partial charge >= 0.3 is 0 Å². The molecule has 0 bridgehead atoms. The predicted octanol–water partition coefficient (Wildman–Crippen LogP) is 14.2. The van der Waals surface area contributed by atoms with Crippen LogP contribution in [0.25, 0.3) is 94.7 Å². The number of fused-ring (bicyclic) bond motifs is 3. The van der Waals surface area contributed by atoms with Crippen LogP contribution in [0.2, 0.25) is 0 Å². The number of nitriles is 2. The number of allylic oxidation sites excluding steroid dienone is 4. The van der Waals surface area contributed by atoms with E-state index >= 15 is 0 Å². The average Bonchev–Trinajstić information content (AvgIpc) is 3.71. The maximum absolute atomic E-state index is 11.2. The summed E-state index contributed by atoms with van der Waals surface area (Å²) < 4.78 is 2.20. The van der Waals surface area contributed by atoms with Crippen molar-refractivity contribution in [2.24, 2.45) is 5.92 Å². The first-order valence-electron chi connectivity index (χ1n) is 21.6. The van der Waals surface area contributed by atoms with Crippen LogP contribution in [0.3, 0.4) is 0 Å². The summed E-state index contributed by atoms with van der Waals surface area (Å²) in [6.45, 7) is 0. The van der Waals surface area contributed by atoms with Gasteiger partial charge in [0.05, 0.1) is 40.7 Å². The van der Waals surface area contributed by atoms with E-state index in [0.717, 1.165) is 77.4 Å². The Bertz CT molecular complexity index is 3450. The molecule has 0 fully saturated rings. The van der Waals surface area contributed by atoms with Crippen LogP contribution in [0, 0.1) is 28.6 Å². The normalized spacial score (nSPS) is 14.6. The van der Waals surface area contributed by atoms with Gasteiger partial charge in [0, 0.05) is 27.5 Å². The molecule has 304 valence electrons. The van der Waals surface area contributed by atoms with E-state index in [9.17, 15) is 10.5 Å². The lowest BCUT2D eigenvalue weighted by Crippen LogP contribution is -2.22. The molecule has 0 saturated heterocycles. The molecule has 0 amide bonds. The number of hydrogen-bond donors (Lipinski definition) is 0. The highest BCUT2D eigenvalue weighted by molar-refractivity contribution is 6.10. The molecule has 6 nitrogen and oxygen atoms in total. The van der Waals surface area contributed by atoms with Crippen molar-refractivity contribution in [3.63, 3.8) is 0 Å². The molecule has 65 heavy (non-hydrogen) atoms. The Morgan fingerprint density at radius 1 is 0.385 bits per heavy atom. The van der Waals surface area contributed by atoms with Crippen molar-refractivity contribution in [1.29, 1.82) is 10.5 Å². The fraction of sp³-hybridized carbons (Fsp3) is 0.0339. The van der Waals surface area contributed by atoms with Crippen molar-refractivity contribution >= 4 is 27.4 Å². The summed E-state index contributed by atoms with van der Waals surface area (Å²) in [5, 5.41) is 24.4. The van der Waals surface area contributed by atoms with Crippen LogP contribution in [0.5, 0.6) is 0 Å². The largest absolute Gasteiger partial charge is 0.330 e. The van der Waals surface area contributed by atoms with Gasteiger partial charge in [0.1, 0.15) is 0 Å². The lowest BCUT2D eigenvalue weighted by Gasteiger charge is -2.27. The fourth-order valence-electron chi connectivity index (χ4n) is 9.07. The van der Waals surface area contributed by atoms with E-state index in [1.165, 1.54) is 0 Å². The Kier molecular flexibility index (Phi) is 10.0. The van der Waals surface area contributed by atoms with Crippen LogP contribution in [0.15, 0.2) is 224 Å². The highest BCUT2D eigenvalue weighted by atomic mass is 15.0. The Morgan fingerprint density at radius 2 is 0.785 bits per heavy atom. The van der Waals surface area contributed by atoms with E-state index in [1.54, 1.807) is 0 Å². The number of aromatic nitrogens is 4. The highest BCUT2D eigenvalue weighted by Gasteiger charge is 2.33.